The van der Waals surface area contributed by atoms with Crippen LogP contribution >= 0.6 is 11.8 Å². The lowest BCUT2D eigenvalue weighted by atomic mass is 9.80. The van der Waals surface area contributed by atoms with Crippen molar-refractivity contribution in [3.8, 4) is 0 Å². The summed E-state index contributed by atoms with van der Waals surface area (Å²) >= 11 is 1.91. The van der Waals surface area contributed by atoms with Gasteiger partial charge < -0.3 is 0 Å². The lowest BCUT2D eigenvalue weighted by molar-refractivity contribution is -0.125. The highest BCUT2D eigenvalue weighted by molar-refractivity contribution is 7.99. The fourth-order valence-electron chi connectivity index (χ4n) is 2.75. The summed E-state index contributed by atoms with van der Waals surface area (Å²) in [7, 11) is 0. The van der Waals surface area contributed by atoms with Crippen LogP contribution in [0.15, 0.2) is 11.3 Å². The summed E-state index contributed by atoms with van der Waals surface area (Å²) < 4.78 is 0. The summed E-state index contributed by atoms with van der Waals surface area (Å²) in [5.74, 6) is 2.43. The average molecular weight is 327 g/mol. The van der Waals surface area contributed by atoms with Gasteiger partial charge in [0.05, 0.1) is 17.9 Å². The number of hydroxylamine groups is 1. The number of nitrogens with one attached hydrogen (secondary N) is 1. The van der Waals surface area contributed by atoms with Gasteiger partial charge in [0.25, 0.3) is 0 Å². The summed E-state index contributed by atoms with van der Waals surface area (Å²) in [6.45, 7) is 6.55. The summed E-state index contributed by atoms with van der Waals surface area (Å²) in [4.78, 5) is 30.0. The first-order valence-electron chi connectivity index (χ1n) is 8.39. The minimum Gasteiger partial charge on any atom is -0.294 e. The molecule has 0 amide bonds. The van der Waals surface area contributed by atoms with Gasteiger partial charge in [0.1, 0.15) is 0 Å². The zero-order chi connectivity index (χ0) is 16.4. The zero-order valence-corrected chi connectivity index (χ0v) is 14.9. The van der Waals surface area contributed by atoms with Crippen molar-refractivity contribution in [2.45, 2.75) is 59.3 Å². The van der Waals surface area contributed by atoms with Crippen LogP contribution in [0, 0.1) is 5.92 Å². The number of hydrogen-bond donors (Lipinski definition) is 1. The van der Waals surface area contributed by atoms with E-state index in [4.69, 9.17) is 4.84 Å². The molecule has 0 aromatic carbocycles. The Balaban J connectivity index is 2.67. The van der Waals surface area contributed by atoms with Crippen molar-refractivity contribution in [3.05, 3.63) is 11.3 Å². The molecule has 5 heteroatoms. The third-order valence-corrected chi connectivity index (χ3v) is 4.74. The van der Waals surface area contributed by atoms with E-state index in [1.54, 1.807) is 0 Å². The molecule has 0 saturated heterocycles. The molecule has 0 unspecified atom stereocenters. The van der Waals surface area contributed by atoms with Gasteiger partial charge in [-0.05, 0) is 43.6 Å². The number of rotatable bonds is 10. The van der Waals surface area contributed by atoms with Crippen LogP contribution < -0.4 is 5.48 Å². The zero-order valence-electron chi connectivity index (χ0n) is 14.1. The number of Topliss-reactive ketones (excluding diaryl/α,β-unsaturated/α-hetero) is 2. The van der Waals surface area contributed by atoms with Gasteiger partial charge in [0.2, 0.25) is 0 Å². The minimum atomic E-state index is -0.0138. The van der Waals surface area contributed by atoms with E-state index in [1.165, 1.54) is 0 Å². The number of ketones is 2. The number of allylic oxidation sites excluding steroid dienone is 2. The van der Waals surface area contributed by atoms with Crippen LogP contribution in [0.4, 0.5) is 0 Å². The number of carbonyl (C=O) groups is 2. The Kier molecular flexibility index (Phi) is 9.48. The highest BCUT2D eigenvalue weighted by Gasteiger charge is 2.32. The van der Waals surface area contributed by atoms with E-state index in [-0.39, 0.29) is 17.5 Å². The van der Waals surface area contributed by atoms with Crippen LogP contribution in [-0.2, 0) is 14.4 Å². The summed E-state index contributed by atoms with van der Waals surface area (Å²) in [6, 6.07) is 0. The van der Waals surface area contributed by atoms with Gasteiger partial charge in [0.15, 0.2) is 11.6 Å². The summed E-state index contributed by atoms with van der Waals surface area (Å²) in [5.41, 5.74) is 3.83. The van der Waals surface area contributed by atoms with Crippen LogP contribution in [0.5, 0.6) is 0 Å². The molecule has 4 nitrogen and oxygen atoms in total. The van der Waals surface area contributed by atoms with E-state index in [2.05, 4.69) is 12.4 Å². The van der Waals surface area contributed by atoms with Crippen LogP contribution in [0.25, 0.3) is 0 Å². The quantitative estimate of drug-likeness (QED) is 0.287. The minimum absolute atomic E-state index is 0.0138. The SMILES string of the molecule is CCCC(NOCC)=C1C(=O)CC(CCCSCC)CC1=O. The van der Waals surface area contributed by atoms with Crippen molar-refractivity contribution in [1.29, 1.82) is 0 Å². The van der Waals surface area contributed by atoms with E-state index in [9.17, 15) is 9.59 Å². The Morgan fingerprint density at radius 2 is 1.91 bits per heavy atom. The van der Waals surface area contributed by atoms with E-state index in [0.29, 0.717) is 37.1 Å². The van der Waals surface area contributed by atoms with Gasteiger partial charge in [-0.1, -0.05) is 20.3 Å². The maximum atomic E-state index is 12.4. The molecule has 1 rings (SSSR count). The van der Waals surface area contributed by atoms with Crippen molar-refractivity contribution in [2.75, 3.05) is 18.1 Å². The molecule has 0 aromatic rings. The molecule has 1 fully saturated rings. The summed E-state index contributed by atoms with van der Waals surface area (Å²) in [6.07, 6.45) is 4.60. The molecule has 1 N–H and O–H groups in total. The van der Waals surface area contributed by atoms with E-state index < -0.39 is 0 Å². The fraction of sp³-hybridized carbons (Fsp3) is 0.765. The third kappa shape index (κ3) is 6.13. The molecule has 0 bridgehead atoms. The molecule has 1 aliphatic rings. The van der Waals surface area contributed by atoms with E-state index in [0.717, 1.165) is 30.8 Å². The Morgan fingerprint density at radius 3 is 2.45 bits per heavy atom. The van der Waals surface area contributed by atoms with Gasteiger partial charge in [-0.2, -0.15) is 11.8 Å². The monoisotopic (exact) mass is 327 g/mol. The van der Waals surface area contributed by atoms with Gasteiger partial charge >= 0.3 is 0 Å². The number of hydrogen-bond acceptors (Lipinski definition) is 5. The maximum absolute atomic E-state index is 12.4. The largest absolute Gasteiger partial charge is 0.294 e. The maximum Gasteiger partial charge on any atom is 0.168 e. The fourth-order valence-corrected chi connectivity index (χ4v) is 3.41. The first kappa shape index (κ1) is 19.2. The predicted molar refractivity (Wildman–Crippen MR) is 91.7 cm³/mol. The molecule has 22 heavy (non-hydrogen) atoms. The summed E-state index contributed by atoms with van der Waals surface area (Å²) in [5, 5.41) is 0. The second-order valence-corrected chi connectivity index (χ2v) is 6.99. The van der Waals surface area contributed by atoms with Crippen LogP contribution in [-0.4, -0.2) is 29.7 Å². The van der Waals surface area contributed by atoms with Crippen molar-refractivity contribution in [1.82, 2.24) is 5.48 Å². The Bertz CT molecular complexity index is 387. The molecule has 126 valence electrons. The Hall–Kier alpha value is -0.810. The molecular weight excluding hydrogens is 298 g/mol. The van der Waals surface area contributed by atoms with Gasteiger partial charge in [-0.25, -0.2) is 0 Å². The predicted octanol–water partition coefficient (Wildman–Crippen LogP) is 3.66. The van der Waals surface area contributed by atoms with E-state index in [1.807, 2.05) is 25.6 Å². The van der Waals surface area contributed by atoms with Gasteiger partial charge in [-0.3, -0.25) is 19.9 Å². The van der Waals surface area contributed by atoms with Crippen LogP contribution in [0.3, 0.4) is 0 Å². The lowest BCUT2D eigenvalue weighted by Crippen LogP contribution is -2.30. The first-order valence-corrected chi connectivity index (χ1v) is 9.54. The molecule has 1 aliphatic carbocycles. The molecule has 0 atom stereocenters. The highest BCUT2D eigenvalue weighted by atomic mass is 32.2. The number of carbonyl (C=O) groups excluding carboxylic acids is 2. The lowest BCUT2D eigenvalue weighted by Gasteiger charge is -2.24. The number of thioether (sulfide) groups is 1. The third-order valence-electron chi connectivity index (χ3n) is 3.75. The van der Waals surface area contributed by atoms with Crippen molar-refractivity contribution in [2.24, 2.45) is 5.92 Å². The Morgan fingerprint density at radius 1 is 1.23 bits per heavy atom. The van der Waals surface area contributed by atoms with Crippen LogP contribution in [0.1, 0.15) is 59.3 Å². The molecule has 1 saturated carbocycles. The topological polar surface area (TPSA) is 55.4 Å². The standard InChI is InChI=1S/C17H29NO3S/c1-4-8-14(18-21-5-2)17-15(19)11-13(12-16(17)20)9-7-10-22-6-3/h13,18H,4-12H2,1-3H3. The second kappa shape index (κ2) is 10.8. The molecule has 0 heterocycles. The smallest absolute Gasteiger partial charge is 0.168 e. The van der Waals surface area contributed by atoms with Gasteiger partial charge in [-0.15, -0.1) is 0 Å². The van der Waals surface area contributed by atoms with Crippen molar-refractivity contribution < 1.29 is 14.4 Å². The first-order chi connectivity index (χ1) is 10.6. The second-order valence-electron chi connectivity index (χ2n) is 5.60. The van der Waals surface area contributed by atoms with Crippen LogP contribution in [0.2, 0.25) is 0 Å². The molecule has 0 aliphatic heterocycles. The average Bonchev–Trinajstić information content (AvgIpc) is 2.48. The van der Waals surface area contributed by atoms with Crippen molar-refractivity contribution >= 4 is 23.3 Å². The molecule has 0 spiro atoms. The molecular formula is C17H29NO3S. The van der Waals surface area contributed by atoms with Crippen molar-refractivity contribution in [3.63, 3.8) is 0 Å². The molecule has 0 aromatic heterocycles. The van der Waals surface area contributed by atoms with E-state index >= 15 is 0 Å². The normalized spacial score (nSPS) is 18.7. The molecule has 0 radical (unpaired) electrons. The Labute approximate surface area is 138 Å². The highest BCUT2D eigenvalue weighted by Crippen LogP contribution is 2.29. The van der Waals surface area contributed by atoms with Gasteiger partial charge in [0, 0.05) is 12.8 Å².